The van der Waals surface area contributed by atoms with Crippen molar-refractivity contribution in [1.29, 1.82) is 0 Å². The monoisotopic (exact) mass is 285 g/mol. The fraction of sp³-hybridized carbons (Fsp3) is 0.583. The van der Waals surface area contributed by atoms with E-state index in [0.717, 1.165) is 0 Å². The molecular weight excluding hydrogens is 266 g/mol. The van der Waals surface area contributed by atoms with Crippen LogP contribution in [0.2, 0.25) is 0 Å². The van der Waals surface area contributed by atoms with Crippen LogP contribution >= 0.6 is 0 Å². The number of nitrogens with one attached hydrogen (secondary N) is 1. The zero-order valence-corrected chi connectivity index (χ0v) is 12.2. The van der Waals surface area contributed by atoms with Crippen LogP contribution in [-0.2, 0) is 14.8 Å². The van der Waals surface area contributed by atoms with E-state index in [0.29, 0.717) is 25.5 Å². The van der Waals surface area contributed by atoms with E-state index in [4.69, 9.17) is 4.74 Å². The molecule has 7 heteroatoms. The van der Waals surface area contributed by atoms with Crippen LogP contribution < -0.4 is 5.32 Å². The van der Waals surface area contributed by atoms with Crippen LogP contribution in [0.5, 0.6) is 0 Å². The SMILES string of the molecule is CNc1ccc(S(=O)(=O)N2CCOC(C)(C)C2)cn1. The lowest BCUT2D eigenvalue weighted by molar-refractivity contribution is -0.0640. The predicted octanol–water partition coefficient (Wildman–Crippen LogP) is 0.923. The number of nitrogens with zero attached hydrogens (tertiary/aromatic N) is 2. The summed E-state index contributed by atoms with van der Waals surface area (Å²) < 4.78 is 32.0. The number of rotatable bonds is 3. The van der Waals surface area contributed by atoms with Crippen molar-refractivity contribution in [1.82, 2.24) is 9.29 Å². The van der Waals surface area contributed by atoms with E-state index in [1.807, 2.05) is 13.8 Å². The third kappa shape index (κ3) is 3.05. The van der Waals surface area contributed by atoms with Gasteiger partial charge in [-0.2, -0.15) is 4.31 Å². The summed E-state index contributed by atoms with van der Waals surface area (Å²) in [5.41, 5.74) is -0.455. The van der Waals surface area contributed by atoms with Gasteiger partial charge in [-0.25, -0.2) is 13.4 Å². The van der Waals surface area contributed by atoms with Crippen molar-refractivity contribution in [2.75, 3.05) is 32.1 Å². The largest absolute Gasteiger partial charge is 0.373 e. The number of aromatic nitrogens is 1. The second-order valence-electron chi connectivity index (χ2n) is 5.08. The first-order valence-corrected chi connectivity index (χ1v) is 7.57. The van der Waals surface area contributed by atoms with Gasteiger partial charge in [0.15, 0.2) is 0 Å². The normalized spacial score (nSPS) is 20.2. The predicted molar refractivity (Wildman–Crippen MR) is 72.6 cm³/mol. The Kier molecular flexibility index (Phi) is 3.80. The number of anilines is 1. The molecule has 1 fully saturated rings. The first-order valence-electron chi connectivity index (χ1n) is 6.13. The molecule has 2 heterocycles. The number of ether oxygens (including phenoxy) is 1. The Hall–Kier alpha value is -1.18. The van der Waals surface area contributed by atoms with Gasteiger partial charge in [-0.15, -0.1) is 0 Å². The Morgan fingerprint density at radius 1 is 1.42 bits per heavy atom. The number of hydrogen-bond donors (Lipinski definition) is 1. The quantitative estimate of drug-likeness (QED) is 0.894. The summed E-state index contributed by atoms with van der Waals surface area (Å²) in [7, 11) is -1.76. The molecule has 0 bridgehead atoms. The first kappa shape index (κ1) is 14.2. The summed E-state index contributed by atoms with van der Waals surface area (Å²) in [5.74, 6) is 0.640. The fourth-order valence-corrected chi connectivity index (χ4v) is 3.53. The van der Waals surface area contributed by atoms with Crippen LogP contribution in [0.3, 0.4) is 0 Å². The van der Waals surface area contributed by atoms with E-state index in [2.05, 4.69) is 10.3 Å². The molecule has 0 amide bonds. The fourth-order valence-electron chi connectivity index (χ4n) is 2.01. The highest BCUT2D eigenvalue weighted by atomic mass is 32.2. The molecule has 0 spiro atoms. The minimum atomic E-state index is -3.50. The number of hydrogen-bond acceptors (Lipinski definition) is 5. The molecular formula is C12H19N3O3S. The van der Waals surface area contributed by atoms with Gasteiger partial charge in [0.1, 0.15) is 10.7 Å². The first-order chi connectivity index (χ1) is 8.85. The number of sulfonamides is 1. The van der Waals surface area contributed by atoms with Crippen molar-refractivity contribution in [2.45, 2.75) is 24.3 Å². The second kappa shape index (κ2) is 5.07. The maximum Gasteiger partial charge on any atom is 0.244 e. The Labute approximate surface area is 113 Å². The van der Waals surface area contributed by atoms with Crippen LogP contribution in [0, 0.1) is 0 Å². The maximum atomic E-state index is 12.5. The van der Waals surface area contributed by atoms with E-state index >= 15 is 0 Å². The molecule has 106 valence electrons. The van der Waals surface area contributed by atoms with Gasteiger partial charge in [-0.05, 0) is 26.0 Å². The molecule has 6 nitrogen and oxygen atoms in total. The lowest BCUT2D eigenvalue weighted by Crippen LogP contribution is -2.50. The smallest absolute Gasteiger partial charge is 0.244 e. The standard InChI is InChI=1S/C12H19N3O3S/c1-12(2)9-15(6-7-18-12)19(16,17)10-4-5-11(13-3)14-8-10/h4-5,8H,6-7,9H2,1-3H3,(H,13,14). The molecule has 0 saturated carbocycles. The zero-order chi connectivity index (χ0) is 14.1. The molecule has 0 aromatic carbocycles. The summed E-state index contributed by atoms with van der Waals surface area (Å²) in [5, 5.41) is 2.86. The summed E-state index contributed by atoms with van der Waals surface area (Å²) in [4.78, 5) is 4.26. The number of pyridine rings is 1. The Balaban J connectivity index is 2.26. The van der Waals surface area contributed by atoms with Crippen molar-refractivity contribution in [3.8, 4) is 0 Å². The van der Waals surface area contributed by atoms with Crippen molar-refractivity contribution < 1.29 is 13.2 Å². The molecule has 19 heavy (non-hydrogen) atoms. The molecule has 1 saturated heterocycles. The maximum absolute atomic E-state index is 12.5. The van der Waals surface area contributed by atoms with Gasteiger partial charge in [-0.1, -0.05) is 0 Å². The van der Waals surface area contributed by atoms with Gasteiger partial charge in [-0.3, -0.25) is 0 Å². The lowest BCUT2D eigenvalue weighted by Gasteiger charge is -2.37. The molecule has 1 aliphatic heterocycles. The van der Waals surface area contributed by atoms with E-state index in [1.165, 1.54) is 10.5 Å². The highest BCUT2D eigenvalue weighted by molar-refractivity contribution is 7.89. The molecule has 0 aliphatic carbocycles. The van der Waals surface area contributed by atoms with Crippen LogP contribution in [-0.4, -0.2) is 50.1 Å². The van der Waals surface area contributed by atoms with Crippen molar-refractivity contribution in [2.24, 2.45) is 0 Å². The molecule has 0 radical (unpaired) electrons. The minimum Gasteiger partial charge on any atom is -0.373 e. The Morgan fingerprint density at radius 2 is 2.16 bits per heavy atom. The van der Waals surface area contributed by atoms with Gasteiger partial charge < -0.3 is 10.1 Å². The average molecular weight is 285 g/mol. The van der Waals surface area contributed by atoms with Crippen molar-refractivity contribution in [3.05, 3.63) is 18.3 Å². The summed E-state index contributed by atoms with van der Waals surface area (Å²) in [6, 6.07) is 3.22. The van der Waals surface area contributed by atoms with Crippen LogP contribution in [0.1, 0.15) is 13.8 Å². The van der Waals surface area contributed by atoms with Gasteiger partial charge in [0.25, 0.3) is 0 Å². The average Bonchev–Trinajstić information content (AvgIpc) is 2.37. The highest BCUT2D eigenvalue weighted by Gasteiger charge is 2.34. The molecule has 2 rings (SSSR count). The summed E-state index contributed by atoms with van der Waals surface area (Å²) in [6.45, 7) is 4.91. The molecule has 1 aromatic heterocycles. The summed E-state index contributed by atoms with van der Waals surface area (Å²) in [6.07, 6.45) is 1.38. The molecule has 0 unspecified atom stereocenters. The van der Waals surface area contributed by atoms with Crippen molar-refractivity contribution in [3.63, 3.8) is 0 Å². The number of morpholine rings is 1. The zero-order valence-electron chi connectivity index (χ0n) is 11.4. The van der Waals surface area contributed by atoms with Crippen LogP contribution in [0.15, 0.2) is 23.2 Å². The van der Waals surface area contributed by atoms with E-state index in [1.54, 1.807) is 19.2 Å². The third-order valence-corrected chi connectivity index (χ3v) is 4.85. The lowest BCUT2D eigenvalue weighted by atomic mass is 10.1. The highest BCUT2D eigenvalue weighted by Crippen LogP contribution is 2.23. The van der Waals surface area contributed by atoms with Gasteiger partial charge in [0.2, 0.25) is 10.0 Å². The van der Waals surface area contributed by atoms with Gasteiger partial charge >= 0.3 is 0 Å². The summed E-state index contributed by atoms with van der Waals surface area (Å²) >= 11 is 0. The molecule has 0 atom stereocenters. The van der Waals surface area contributed by atoms with Crippen molar-refractivity contribution >= 4 is 15.8 Å². The molecule has 1 aromatic rings. The van der Waals surface area contributed by atoms with Gasteiger partial charge in [0.05, 0.1) is 12.2 Å². The van der Waals surface area contributed by atoms with E-state index < -0.39 is 15.6 Å². The minimum absolute atomic E-state index is 0.212. The van der Waals surface area contributed by atoms with E-state index in [9.17, 15) is 8.42 Å². The van der Waals surface area contributed by atoms with Gasteiger partial charge in [0, 0.05) is 26.3 Å². The second-order valence-corrected chi connectivity index (χ2v) is 7.01. The third-order valence-electron chi connectivity index (χ3n) is 3.02. The molecule has 1 N–H and O–H groups in total. The molecule has 1 aliphatic rings. The topological polar surface area (TPSA) is 71.5 Å². The Morgan fingerprint density at radius 3 is 2.68 bits per heavy atom. The van der Waals surface area contributed by atoms with Crippen LogP contribution in [0.25, 0.3) is 0 Å². The van der Waals surface area contributed by atoms with Crippen LogP contribution in [0.4, 0.5) is 5.82 Å². The Bertz CT molecular complexity index is 540. The van der Waals surface area contributed by atoms with E-state index in [-0.39, 0.29) is 4.90 Å².